The number of aryl methyl sites for hydroxylation is 1. The number of hydrogen-bond donors (Lipinski definition) is 1. The first kappa shape index (κ1) is 19.9. The SMILES string of the molecule is C#Cc1nc2cnc3ccc(-c4cccnc4CC)cc3c2n1-c1ccc(CCN)cc1. The minimum absolute atomic E-state index is 0.557. The molecule has 0 spiro atoms. The molecule has 156 valence electrons. The molecule has 0 unspecified atom stereocenters. The first-order chi connectivity index (χ1) is 15.7. The second-order valence-corrected chi connectivity index (χ2v) is 7.70. The van der Waals surface area contributed by atoms with Gasteiger partial charge >= 0.3 is 0 Å². The molecule has 0 bridgehead atoms. The van der Waals surface area contributed by atoms with Gasteiger partial charge in [-0.15, -0.1) is 6.42 Å². The van der Waals surface area contributed by atoms with E-state index in [1.54, 1.807) is 6.20 Å². The van der Waals surface area contributed by atoms with E-state index in [0.29, 0.717) is 12.4 Å². The highest BCUT2D eigenvalue weighted by Gasteiger charge is 2.16. The lowest BCUT2D eigenvalue weighted by Gasteiger charge is -2.11. The van der Waals surface area contributed by atoms with E-state index >= 15 is 0 Å². The number of rotatable bonds is 5. The normalized spacial score (nSPS) is 11.2. The second-order valence-electron chi connectivity index (χ2n) is 7.70. The summed E-state index contributed by atoms with van der Waals surface area (Å²) in [4.78, 5) is 13.9. The summed E-state index contributed by atoms with van der Waals surface area (Å²) < 4.78 is 2.04. The number of terminal acetylenes is 1. The Morgan fingerprint density at radius 1 is 1.03 bits per heavy atom. The largest absolute Gasteiger partial charge is 0.330 e. The standard InChI is InChI=1S/C27H23N5/c1-3-23-21(6-5-15-29-23)19-9-12-24-22(16-19)27-25(17-30-24)31-26(4-2)32(27)20-10-7-18(8-11-20)13-14-28/h2,5-12,15-17H,3,13-14,28H2,1H3. The molecule has 3 aromatic heterocycles. The molecule has 0 aliphatic rings. The van der Waals surface area contributed by atoms with Gasteiger partial charge < -0.3 is 5.73 Å². The lowest BCUT2D eigenvalue weighted by molar-refractivity contribution is 0.965. The third-order valence-electron chi connectivity index (χ3n) is 5.77. The maximum absolute atomic E-state index is 5.85. The molecule has 0 saturated heterocycles. The van der Waals surface area contributed by atoms with Gasteiger partial charge in [-0.2, -0.15) is 0 Å². The van der Waals surface area contributed by atoms with E-state index in [0.717, 1.165) is 57.3 Å². The number of imidazole rings is 1. The highest BCUT2D eigenvalue weighted by atomic mass is 15.1. The molecule has 0 saturated carbocycles. The van der Waals surface area contributed by atoms with Gasteiger partial charge in [0.2, 0.25) is 0 Å². The van der Waals surface area contributed by atoms with Gasteiger partial charge in [0.05, 0.1) is 17.2 Å². The Labute approximate surface area is 187 Å². The zero-order valence-electron chi connectivity index (χ0n) is 17.9. The zero-order chi connectivity index (χ0) is 22.1. The lowest BCUT2D eigenvalue weighted by Crippen LogP contribution is -2.03. The van der Waals surface area contributed by atoms with E-state index in [4.69, 9.17) is 12.2 Å². The van der Waals surface area contributed by atoms with E-state index in [1.165, 1.54) is 5.56 Å². The molecule has 5 rings (SSSR count). The Kier molecular flexibility index (Phi) is 5.14. The fraction of sp³-hybridized carbons (Fsp3) is 0.148. The van der Waals surface area contributed by atoms with E-state index in [2.05, 4.69) is 70.3 Å². The van der Waals surface area contributed by atoms with Crippen LogP contribution < -0.4 is 5.73 Å². The van der Waals surface area contributed by atoms with Gasteiger partial charge in [0, 0.05) is 28.5 Å². The molecule has 32 heavy (non-hydrogen) atoms. The molecular weight excluding hydrogens is 394 g/mol. The Bertz CT molecular complexity index is 1470. The van der Waals surface area contributed by atoms with Crippen molar-refractivity contribution >= 4 is 21.9 Å². The van der Waals surface area contributed by atoms with Crippen LogP contribution in [0.3, 0.4) is 0 Å². The topological polar surface area (TPSA) is 69.6 Å². The van der Waals surface area contributed by atoms with Crippen molar-refractivity contribution in [2.75, 3.05) is 6.54 Å². The van der Waals surface area contributed by atoms with E-state index < -0.39 is 0 Å². The average molecular weight is 418 g/mol. The van der Waals surface area contributed by atoms with Gasteiger partial charge in [-0.3, -0.25) is 14.5 Å². The number of nitrogens with zero attached hydrogens (tertiary/aromatic N) is 4. The molecule has 5 heteroatoms. The lowest BCUT2D eigenvalue weighted by atomic mass is 10.0. The molecular formula is C27H23N5. The molecule has 0 atom stereocenters. The highest BCUT2D eigenvalue weighted by Crippen LogP contribution is 2.32. The van der Waals surface area contributed by atoms with Crippen LogP contribution in [0.4, 0.5) is 0 Å². The number of aromatic nitrogens is 4. The number of benzene rings is 2. The minimum Gasteiger partial charge on any atom is -0.330 e. The third kappa shape index (κ3) is 3.31. The van der Waals surface area contributed by atoms with Crippen LogP contribution in [-0.4, -0.2) is 26.1 Å². The molecule has 0 aliphatic carbocycles. The van der Waals surface area contributed by atoms with Crippen LogP contribution in [0.5, 0.6) is 0 Å². The first-order valence-corrected chi connectivity index (χ1v) is 10.7. The van der Waals surface area contributed by atoms with Crippen LogP contribution in [0.2, 0.25) is 0 Å². The monoisotopic (exact) mass is 417 g/mol. The predicted octanol–water partition coefficient (Wildman–Crippen LogP) is 4.68. The maximum Gasteiger partial charge on any atom is 0.190 e. The van der Waals surface area contributed by atoms with Crippen LogP contribution in [0, 0.1) is 12.3 Å². The van der Waals surface area contributed by atoms with Crippen molar-refractivity contribution in [3.8, 4) is 29.2 Å². The summed E-state index contributed by atoms with van der Waals surface area (Å²) in [6.07, 6.45) is 11.2. The van der Waals surface area contributed by atoms with E-state index in [1.807, 2.05) is 22.9 Å². The van der Waals surface area contributed by atoms with Gasteiger partial charge in [-0.1, -0.05) is 31.2 Å². The Morgan fingerprint density at radius 3 is 2.62 bits per heavy atom. The maximum atomic E-state index is 5.85. The average Bonchev–Trinajstić information content (AvgIpc) is 3.23. The summed E-state index contributed by atoms with van der Waals surface area (Å²) in [5.41, 5.74) is 13.8. The fourth-order valence-corrected chi connectivity index (χ4v) is 4.23. The van der Waals surface area contributed by atoms with E-state index in [-0.39, 0.29) is 0 Å². The minimum atomic E-state index is 0.557. The van der Waals surface area contributed by atoms with Crippen LogP contribution in [0.1, 0.15) is 24.0 Å². The van der Waals surface area contributed by atoms with Gasteiger partial charge in [0.1, 0.15) is 5.52 Å². The van der Waals surface area contributed by atoms with Crippen molar-refractivity contribution < 1.29 is 0 Å². The molecule has 2 N–H and O–H groups in total. The van der Waals surface area contributed by atoms with Gasteiger partial charge in [0.25, 0.3) is 0 Å². The van der Waals surface area contributed by atoms with Gasteiger partial charge in [0.15, 0.2) is 5.82 Å². The fourth-order valence-electron chi connectivity index (χ4n) is 4.23. The summed E-state index contributed by atoms with van der Waals surface area (Å²) in [7, 11) is 0. The van der Waals surface area contributed by atoms with Crippen molar-refractivity contribution in [3.63, 3.8) is 0 Å². The Hall–Kier alpha value is -4.01. The van der Waals surface area contributed by atoms with Gasteiger partial charge in [-0.25, -0.2) is 4.98 Å². The molecule has 0 amide bonds. The smallest absolute Gasteiger partial charge is 0.190 e. The molecule has 0 radical (unpaired) electrons. The summed E-state index contributed by atoms with van der Waals surface area (Å²) >= 11 is 0. The van der Waals surface area contributed by atoms with Crippen LogP contribution in [0.15, 0.2) is 67.0 Å². The van der Waals surface area contributed by atoms with Gasteiger partial charge in [-0.05, 0) is 66.8 Å². The third-order valence-corrected chi connectivity index (χ3v) is 5.77. The Balaban J connectivity index is 1.78. The number of fused-ring (bicyclic) bond motifs is 3. The molecule has 0 aliphatic heterocycles. The summed E-state index contributed by atoms with van der Waals surface area (Å²) in [6.45, 7) is 2.74. The van der Waals surface area contributed by atoms with Crippen LogP contribution >= 0.6 is 0 Å². The number of pyridine rings is 2. The first-order valence-electron chi connectivity index (χ1n) is 10.7. The molecule has 2 aromatic carbocycles. The molecule has 0 fully saturated rings. The van der Waals surface area contributed by atoms with Crippen molar-refractivity contribution in [1.29, 1.82) is 0 Å². The molecule has 3 heterocycles. The quantitative estimate of drug-likeness (QED) is 0.422. The molecule has 5 nitrogen and oxygen atoms in total. The van der Waals surface area contributed by atoms with Crippen molar-refractivity contribution in [1.82, 2.24) is 19.5 Å². The summed E-state index contributed by atoms with van der Waals surface area (Å²) in [5.74, 6) is 3.30. The summed E-state index contributed by atoms with van der Waals surface area (Å²) in [6, 6.07) is 18.7. The van der Waals surface area contributed by atoms with Crippen LogP contribution in [0.25, 0.3) is 38.8 Å². The van der Waals surface area contributed by atoms with Crippen molar-refractivity contribution in [2.45, 2.75) is 19.8 Å². The number of hydrogen-bond acceptors (Lipinski definition) is 4. The van der Waals surface area contributed by atoms with Crippen molar-refractivity contribution in [2.24, 2.45) is 5.73 Å². The zero-order valence-corrected chi connectivity index (χ0v) is 17.9. The predicted molar refractivity (Wildman–Crippen MR) is 130 cm³/mol. The second kappa shape index (κ2) is 8.26. The highest BCUT2D eigenvalue weighted by molar-refractivity contribution is 6.05. The van der Waals surface area contributed by atoms with Crippen molar-refractivity contribution in [3.05, 3.63) is 84.1 Å². The van der Waals surface area contributed by atoms with Crippen LogP contribution in [-0.2, 0) is 12.8 Å². The van der Waals surface area contributed by atoms with E-state index in [9.17, 15) is 0 Å². The number of nitrogens with two attached hydrogens (primary N) is 1. The Morgan fingerprint density at radius 2 is 1.88 bits per heavy atom. The summed E-state index contributed by atoms with van der Waals surface area (Å²) in [5, 5.41) is 1.01. The molecule has 5 aromatic rings.